The van der Waals surface area contributed by atoms with Gasteiger partial charge in [0.25, 0.3) is 0 Å². The van der Waals surface area contributed by atoms with Crippen LogP contribution in [0.2, 0.25) is 0 Å². The Balaban J connectivity index is 2.55. The highest BCUT2D eigenvalue weighted by atomic mass is 32.2. The Morgan fingerprint density at radius 3 is 2.00 bits per heavy atom. The van der Waals surface area contributed by atoms with Crippen LogP contribution in [0.4, 0.5) is 0 Å². The van der Waals surface area contributed by atoms with E-state index >= 15 is 0 Å². The Morgan fingerprint density at radius 2 is 1.65 bits per heavy atom. The predicted molar refractivity (Wildman–Crippen MR) is 65.2 cm³/mol. The Morgan fingerprint density at radius 1 is 1.18 bits per heavy atom. The summed E-state index contributed by atoms with van der Waals surface area (Å²) >= 11 is 0. The SMILES string of the molecule is CC(C)(C)S(=O)(=O)NC1CCC(C(=O)O)CC1. The fourth-order valence-corrected chi connectivity index (χ4v) is 2.88. The molecule has 0 heterocycles. The highest BCUT2D eigenvalue weighted by Gasteiger charge is 2.33. The number of carboxylic acids is 1. The van der Waals surface area contributed by atoms with E-state index in [1.54, 1.807) is 20.8 Å². The van der Waals surface area contributed by atoms with E-state index < -0.39 is 20.7 Å². The van der Waals surface area contributed by atoms with E-state index in [0.717, 1.165) is 0 Å². The van der Waals surface area contributed by atoms with Gasteiger partial charge in [0.2, 0.25) is 10.0 Å². The van der Waals surface area contributed by atoms with Gasteiger partial charge in [0.15, 0.2) is 0 Å². The summed E-state index contributed by atoms with van der Waals surface area (Å²) in [5.41, 5.74) is 0. The first-order valence-electron chi connectivity index (χ1n) is 5.88. The maximum absolute atomic E-state index is 11.9. The lowest BCUT2D eigenvalue weighted by Crippen LogP contribution is -2.46. The summed E-state index contributed by atoms with van der Waals surface area (Å²) in [6.07, 6.45) is 2.30. The van der Waals surface area contributed by atoms with Crippen LogP contribution >= 0.6 is 0 Å². The van der Waals surface area contributed by atoms with Crippen LogP contribution in [0.3, 0.4) is 0 Å². The van der Waals surface area contributed by atoms with Gasteiger partial charge in [-0.3, -0.25) is 4.79 Å². The lowest BCUT2D eigenvalue weighted by Gasteiger charge is -2.29. The number of rotatable bonds is 3. The Kier molecular flexibility index (Phi) is 4.19. The van der Waals surface area contributed by atoms with Gasteiger partial charge in [0, 0.05) is 6.04 Å². The highest BCUT2D eigenvalue weighted by molar-refractivity contribution is 7.90. The molecule has 1 rings (SSSR count). The van der Waals surface area contributed by atoms with Gasteiger partial charge in [0.05, 0.1) is 10.7 Å². The zero-order valence-electron chi connectivity index (χ0n) is 10.6. The zero-order valence-corrected chi connectivity index (χ0v) is 11.4. The van der Waals surface area contributed by atoms with Crippen molar-refractivity contribution in [1.82, 2.24) is 4.72 Å². The zero-order chi connectivity index (χ0) is 13.3. The quantitative estimate of drug-likeness (QED) is 0.805. The third kappa shape index (κ3) is 3.67. The van der Waals surface area contributed by atoms with E-state index in [2.05, 4.69) is 4.72 Å². The van der Waals surface area contributed by atoms with Crippen molar-refractivity contribution in [1.29, 1.82) is 0 Å². The summed E-state index contributed by atoms with van der Waals surface area (Å²) in [4.78, 5) is 10.8. The number of carbonyl (C=O) groups is 1. The van der Waals surface area contributed by atoms with E-state index in [0.29, 0.717) is 25.7 Å². The fourth-order valence-electron chi connectivity index (χ4n) is 1.85. The minimum Gasteiger partial charge on any atom is -0.481 e. The van der Waals surface area contributed by atoms with E-state index in [1.165, 1.54) is 0 Å². The van der Waals surface area contributed by atoms with Gasteiger partial charge in [-0.05, 0) is 46.5 Å². The van der Waals surface area contributed by atoms with Gasteiger partial charge in [-0.1, -0.05) is 0 Å². The molecular formula is C11H21NO4S. The number of sulfonamides is 1. The molecule has 100 valence electrons. The second kappa shape index (κ2) is 4.94. The molecule has 0 aromatic heterocycles. The molecule has 0 aromatic rings. The molecule has 0 aliphatic heterocycles. The molecule has 0 aromatic carbocycles. The van der Waals surface area contributed by atoms with Crippen molar-refractivity contribution in [3.63, 3.8) is 0 Å². The standard InChI is InChI=1S/C11H21NO4S/c1-11(2,3)17(15,16)12-9-6-4-8(5-7-9)10(13)14/h8-9,12H,4-7H2,1-3H3,(H,13,14). The molecule has 1 aliphatic rings. The average molecular weight is 263 g/mol. The molecule has 6 heteroatoms. The third-order valence-corrected chi connectivity index (χ3v) is 5.46. The van der Waals surface area contributed by atoms with Crippen molar-refractivity contribution < 1.29 is 18.3 Å². The first-order valence-corrected chi connectivity index (χ1v) is 7.36. The first kappa shape index (κ1) is 14.4. The Labute approximate surface area is 103 Å². The predicted octanol–water partition coefficient (Wildman–Crippen LogP) is 1.35. The Bertz CT molecular complexity index is 375. The molecule has 0 bridgehead atoms. The second-order valence-electron chi connectivity index (χ2n) is 5.62. The van der Waals surface area contributed by atoms with Crippen LogP contribution in [0.25, 0.3) is 0 Å². The van der Waals surface area contributed by atoms with E-state index in [4.69, 9.17) is 5.11 Å². The molecule has 0 unspecified atom stereocenters. The molecule has 0 spiro atoms. The van der Waals surface area contributed by atoms with Crippen molar-refractivity contribution in [3.05, 3.63) is 0 Å². The maximum atomic E-state index is 11.9. The monoisotopic (exact) mass is 263 g/mol. The van der Waals surface area contributed by atoms with Crippen LogP contribution in [0, 0.1) is 5.92 Å². The first-order chi connectivity index (χ1) is 7.63. The topological polar surface area (TPSA) is 83.5 Å². The summed E-state index contributed by atoms with van der Waals surface area (Å²) in [5, 5.41) is 8.85. The minimum atomic E-state index is -3.33. The number of nitrogens with one attached hydrogen (secondary N) is 1. The number of hydrogen-bond donors (Lipinski definition) is 2. The van der Waals surface area contributed by atoms with Crippen molar-refractivity contribution in [3.8, 4) is 0 Å². The van der Waals surface area contributed by atoms with Gasteiger partial charge in [-0.2, -0.15) is 0 Å². The summed E-state index contributed by atoms with van der Waals surface area (Å²) in [7, 11) is -3.33. The van der Waals surface area contributed by atoms with Gasteiger partial charge in [0.1, 0.15) is 0 Å². The molecule has 17 heavy (non-hydrogen) atoms. The lowest BCUT2D eigenvalue weighted by atomic mass is 9.87. The highest BCUT2D eigenvalue weighted by Crippen LogP contribution is 2.26. The molecule has 0 atom stereocenters. The molecule has 0 saturated heterocycles. The summed E-state index contributed by atoms with van der Waals surface area (Å²) < 4.78 is 25.7. The number of aliphatic carboxylic acids is 1. The van der Waals surface area contributed by atoms with Crippen LogP contribution in [0.15, 0.2) is 0 Å². The van der Waals surface area contributed by atoms with E-state index in [1.807, 2.05) is 0 Å². The van der Waals surface area contributed by atoms with Crippen LogP contribution < -0.4 is 4.72 Å². The van der Waals surface area contributed by atoms with Gasteiger partial charge >= 0.3 is 5.97 Å². The number of carboxylic acid groups (broad SMARTS) is 1. The van der Waals surface area contributed by atoms with E-state index in [9.17, 15) is 13.2 Å². The molecule has 0 radical (unpaired) electrons. The average Bonchev–Trinajstić information content (AvgIpc) is 2.16. The minimum absolute atomic E-state index is 0.116. The van der Waals surface area contributed by atoms with Gasteiger partial charge in [-0.15, -0.1) is 0 Å². The normalized spacial score (nSPS) is 26.8. The van der Waals surface area contributed by atoms with Gasteiger partial charge in [-0.25, -0.2) is 13.1 Å². The molecule has 1 saturated carbocycles. The maximum Gasteiger partial charge on any atom is 0.306 e. The van der Waals surface area contributed by atoms with Gasteiger partial charge < -0.3 is 5.11 Å². The smallest absolute Gasteiger partial charge is 0.306 e. The van der Waals surface area contributed by atoms with Crippen molar-refractivity contribution in [2.75, 3.05) is 0 Å². The largest absolute Gasteiger partial charge is 0.481 e. The molecule has 2 N–H and O–H groups in total. The lowest BCUT2D eigenvalue weighted by molar-refractivity contribution is -0.142. The van der Waals surface area contributed by atoms with Crippen LogP contribution in [0.5, 0.6) is 0 Å². The summed E-state index contributed by atoms with van der Waals surface area (Å²) in [6.45, 7) is 4.95. The fraction of sp³-hybridized carbons (Fsp3) is 0.909. The van der Waals surface area contributed by atoms with Crippen molar-refractivity contribution in [2.45, 2.75) is 57.2 Å². The van der Waals surface area contributed by atoms with Crippen LogP contribution in [0.1, 0.15) is 46.5 Å². The molecule has 1 fully saturated rings. The molecule has 0 amide bonds. The molecule has 1 aliphatic carbocycles. The third-order valence-electron chi connectivity index (χ3n) is 3.20. The van der Waals surface area contributed by atoms with Crippen LogP contribution in [-0.4, -0.2) is 30.3 Å². The summed E-state index contributed by atoms with van der Waals surface area (Å²) in [6, 6.07) is -0.116. The Hall–Kier alpha value is -0.620. The summed E-state index contributed by atoms with van der Waals surface area (Å²) in [5.74, 6) is -1.09. The van der Waals surface area contributed by atoms with Crippen LogP contribution in [-0.2, 0) is 14.8 Å². The number of hydrogen-bond acceptors (Lipinski definition) is 3. The second-order valence-corrected chi connectivity index (χ2v) is 8.09. The van der Waals surface area contributed by atoms with Crippen molar-refractivity contribution in [2.24, 2.45) is 5.92 Å². The van der Waals surface area contributed by atoms with Crippen molar-refractivity contribution >= 4 is 16.0 Å². The molecular weight excluding hydrogens is 242 g/mol. The molecule has 5 nitrogen and oxygen atoms in total. The van der Waals surface area contributed by atoms with E-state index in [-0.39, 0.29) is 12.0 Å².